The molecule has 5 nitrogen and oxygen atoms in total. The fourth-order valence-electron chi connectivity index (χ4n) is 4.82. The van der Waals surface area contributed by atoms with Crippen molar-refractivity contribution >= 4 is 17.7 Å². The van der Waals surface area contributed by atoms with Gasteiger partial charge in [-0.2, -0.15) is 0 Å². The minimum Gasteiger partial charge on any atom is -0.455 e. The molecule has 166 valence electrons. The monoisotopic (exact) mass is 416 g/mol. The molecule has 0 amide bonds. The first kappa shape index (κ1) is 24.1. The third-order valence-electron chi connectivity index (χ3n) is 7.36. The average Bonchev–Trinajstić information content (AvgIpc) is 2.69. The maximum Gasteiger partial charge on any atom is 0.333 e. The van der Waals surface area contributed by atoms with Crippen molar-refractivity contribution < 1.29 is 23.9 Å². The third kappa shape index (κ3) is 4.60. The van der Waals surface area contributed by atoms with Crippen LogP contribution in [0.2, 0.25) is 0 Å². The van der Waals surface area contributed by atoms with E-state index in [-0.39, 0.29) is 29.0 Å². The molecule has 0 aromatic rings. The van der Waals surface area contributed by atoms with E-state index >= 15 is 0 Å². The topological polar surface area (TPSA) is 69.7 Å². The predicted molar refractivity (Wildman–Crippen MR) is 117 cm³/mol. The maximum absolute atomic E-state index is 12.7. The Kier molecular flexibility index (Phi) is 7.49. The fourth-order valence-corrected chi connectivity index (χ4v) is 4.82. The summed E-state index contributed by atoms with van der Waals surface area (Å²) in [7, 11) is 0. The van der Waals surface area contributed by atoms with Crippen LogP contribution in [0.25, 0.3) is 0 Å². The summed E-state index contributed by atoms with van der Waals surface area (Å²) < 4.78 is 11.9. The number of hydrogen-bond acceptors (Lipinski definition) is 5. The Morgan fingerprint density at radius 3 is 1.97 bits per heavy atom. The lowest BCUT2D eigenvalue weighted by molar-refractivity contribution is -0.198. The molecular formula is C25H36O5. The van der Waals surface area contributed by atoms with Gasteiger partial charge >= 0.3 is 11.9 Å². The van der Waals surface area contributed by atoms with Crippen molar-refractivity contribution in [2.45, 2.75) is 79.9 Å². The molecule has 2 saturated carbocycles. The van der Waals surface area contributed by atoms with Crippen LogP contribution in [0.5, 0.6) is 0 Å². The second-order valence-corrected chi connectivity index (χ2v) is 9.30. The van der Waals surface area contributed by atoms with Crippen molar-refractivity contribution in [2.75, 3.05) is 0 Å². The van der Waals surface area contributed by atoms with Crippen molar-refractivity contribution in [3.05, 3.63) is 35.5 Å². The number of fused-ring (bicyclic) bond motifs is 1. The van der Waals surface area contributed by atoms with Crippen molar-refractivity contribution in [2.24, 2.45) is 23.2 Å². The molecule has 2 rings (SSSR count). The lowest BCUT2D eigenvalue weighted by Gasteiger charge is -2.56. The van der Waals surface area contributed by atoms with Crippen LogP contribution >= 0.6 is 0 Å². The molecule has 0 heterocycles. The predicted octanol–water partition coefficient (Wildman–Crippen LogP) is 4.96. The second-order valence-electron chi connectivity index (χ2n) is 9.30. The molecular weight excluding hydrogens is 380 g/mol. The van der Waals surface area contributed by atoms with Crippen LogP contribution in [0.1, 0.15) is 67.7 Å². The van der Waals surface area contributed by atoms with Gasteiger partial charge in [-0.3, -0.25) is 4.79 Å². The number of esters is 2. The van der Waals surface area contributed by atoms with Crippen LogP contribution in [0.3, 0.4) is 0 Å². The molecule has 30 heavy (non-hydrogen) atoms. The van der Waals surface area contributed by atoms with Crippen LogP contribution in [0.4, 0.5) is 0 Å². The first-order chi connectivity index (χ1) is 14.0. The summed E-state index contributed by atoms with van der Waals surface area (Å²) >= 11 is 0. The number of hydrogen-bond donors (Lipinski definition) is 0. The smallest absolute Gasteiger partial charge is 0.333 e. The summed E-state index contributed by atoms with van der Waals surface area (Å²) in [5.41, 5.74) is 1.65. The normalized spacial score (nSPS) is 34.8. The molecule has 0 bridgehead atoms. The van der Waals surface area contributed by atoms with E-state index in [4.69, 9.17) is 9.47 Å². The highest BCUT2D eigenvalue weighted by Crippen LogP contribution is 2.56. The van der Waals surface area contributed by atoms with E-state index in [1.807, 2.05) is 6.92 Å². The van der Waals surface area contributed by atoms with Gasteiger partial charge in [0.2, 0.25) is 0 Å². The highest BCUT2D eigenvalue weighted by Gasteiger charge is 2.58. The quantitative estimate of drug-likeness (QED) is 0.360. The first-order valence-corrected chi connectivity index (χ1v) is 10.8. The van der Waals surface area contributed by atoms with Gasteiger partial charge in [0.25, 0.3) is 0 Å². The van der Waals surface area contributed by atoms with Crippen molar-refractivity contribution in [3.8, 4) is 0 Å². The summed E-state index contributed by atoms with van der Waals surface area (Å²) in [6, 6.07) is 0. The van der Waals surface area contributed by atoms with Gasteiger partial charge in [0, 0.05) is 35.8 Å². The molecule has 0 aromatic heterocycles. The van der Waals surface area contributed by atoms with Gasteiger partial charge in [-0.05, 0) is 52.4 Å². The van der Waals surface area contributed by atoms with Crippen molar-refractivity contribution in [1.29, 1.82) is 0 Å². The molecule has 0 unspecified atom stereocenters. The minimum atomic E-state index is -0.701. The van der Waals surface area contributed by atoms with Gasteiger partial charge in [-0.15, -0.1) is 0 Å². The molecule has 0 radical (unpaired) electrons. The van der Waals surface area contributed by atoms with E-state index in [0.717, 1.165) is 12.0 Å². The summed E-state index contributed by atoms with van der Waals surface area (Å²) in [6.07, 6.45) is 3.61. The Morgan fingerprint density at radius 2 is 1.50 bits per heavy atom. The van der Waals surface area contributed by atoms with E-state index in [1.165, 1.54) is 0 Å². The van der Waals surface area contributed by atoms with Gasteiger partial charge in [0.1, 0.15) is 18.0 Å². The number of ether oxygens (including phenoxy) is 2. The van der Waals surface area contributed by atoms with Gasteiger partial charge in [0.15, 0.2) is 0 Å². The second kappa shape index (κ2) is 9.32. The van der Waals surface area contributed by atoms with Crippen molar-refractivity contribution in [1.82, 2.24) is 0 Å². The molecule has 6 atom stereocenters. The van der Waals surface area contributed by atoms with E-state index in [1.54, 1.807) is 39.8 Å². The zero-order chi connectivity index (χ0) is 22.8. The Bertz CT molecular complexity index is 789. The summed E-state index contributed by atoms with van der Waals surface area (Å²) in [5, 5.41) is 0. The number of carbonyl (C=O) groups is 3. The molecule has 0 N–H and O–H groups in total. The minimum absolute atomic E-state index is 0.142. The average molecular weight is 417 g/mol. The molecule has 5 heteroatoms. The number of ketones is 1. The lowest BCUT2D eigenvalue weighted by atomic mass is 9.51. The summed E-state index contributed by atoms with van der Waals surface area (Å²) in [4.78, 5) is 37.9. The Labute approximate surface area is 180 Å². The number of carbonyl (C=O) groups excluding carboxylic acids is 3. The SMILES string of the molecule is C=C(C)[C@H]1C[C@@]2(C)[C@H](CC(=O)C[C@@H]2C)[C@H](OC(=O)/C(C)=C\C)[C@@H]1OC(=O)/C(C)=C\C. The molecule has 2 aliphatic rings. The van der Waals surface area contributed by atoms with E-state index < -0.39 is 24.1 Å². The van der Waals surface area contributed by atoms with Crippen LogP contribution in [-0.4, -0.2) is 29.9 Å². The molecule has 0 spiro atoms. The van der Waals surface area contributed by atoms with Crippen LogP contribution in [0.15, 0.2) is 35.5 Å². The molecule has 2 aliphatic carbocycles. The fraction of sp³-hybridized carbons (Fsp3) is 0.640. The summed E-state index contributed by atoms with van der Waals surface area (Å²) in [5.74, 6) is -0.931. The highest BCUT2D eigenvalue weighted by atomic mass is 16.6. The number of Topliss-reactive ketones (excluding diaryl/α,β-unsaturated/α-hetero) is 1. The van der Waals surface area contributed by atoms with Crippen LogP contribution in [-0.2, 0) is 23.9 Å². The van der Waals surface area contributed by atoms with E-state index in [9.17, 15) is 14.4 Å². The molecule has 0 aromatic carbocycles. The number of rotatable bonds is 5. The summed E-state index contributed by atoms with van der Waals surface area (Å²) in [6.45, 7) is 17.3. The Balaban J connectivity index is 2.55. The van der Waals surface area contributed by atoms with E-state index in [2.05, 4.69) is 20.4 Å². The first-order valence-electron chi connectivity index (χ1n) is 10.8. The molecule has 0 saturated heterocycles. The van der Waals surface area contributed by atoms with Crippen LogP contribution in [0, 0.1) is 23.2 Å². The number of allylic oxidation sites excluding steroid dienone is 2. The van der Waals surface area contributed by atoms with Gasteiger partial charge in [-0.25, -0.2) is 9.59 Å². The standard InChI is InChI=1S/C25H36O5/c1-9-15(5)23(27)29-21-19(14(3)4)13-25(8)17(7)11-18(26)12-20(25)22(21)30-24(28)16(6)10-2/h9-10,17,19-22H,3,11-13H2,1-2,4-8H3/b15-9-,16-10-/t17-,19+,20+,21+,22-,25+/m0/s1. The third-order valence-corrected chi connectivity index (χ3v) is 7.36. The zero-order valence-corrected chi connectivity index (χ0v) is 19.4. The largest absolute Gasteiger partial charge is 0.455 e. The van der Waals surface area contributed by atoms with Crippen LogP contribution < -0.4 is 0 Å². The van der Waals surface area contributed by atoms with Gasteiger partial charge in [-0.1, -0.05) is 38.2 Å². The van der Waals surface area contributed by atoms with Gasteiger partial charge in [0.05, 0.1) is 0 Å². The highest BCUT2D eigenvalue weighted by molar-refractivity contribution is 5.89. The Morgan fingerprint density at radius 1 is 1.00 bits per heavy atom. The van der Waals surface area contributed by atoms with E-state index in [0.29, 0.717) is 24.0 Å². The molecule has 0 aliphatic heterocycles. The zero-order valence-electron chi connectivity index (χ0n) is 19.4. The van der Waals surface area contributed by atoms with Gasteiger partial charge < -0.3 is 9.47 Å². The Hall–Kier alpha value is -2.17. The lowest BCUT2D eigenvalue weighted by Crippen LogP contribution is -2.59. The van der Waals surface area contributed by atoms with Crippen molar-refractivity contribution in [3.63, 3.8) is 0 Å². The maximum atomic E-state index is 12.7. The molecule has 2 fully saturated rings.